The maximum absolute atomic E-state index is 9.94. The highest BCUT2D eigenvalue weighted by atomic mass is 16.5. The van der Waals surface area contributed by atoms with Crippen molar-refractivity contribution in [2.45, 2.75) is 45.3 Å². The predicted octanol–water partition coefficient (Wildman–Crippen LogP) is 1.08. The number of nitriles is 1. The molecule has 0 aromatic heterocycles. The van der Waals surface area contributed by atoms with E-state index in [1.54, 1.807) is 0 Å². The molecule has 1 N–H and O–H groups in total. The second kappa shape index (κ2) is 8.58. The molecule has 5 nitrogen and oxygen atoms in total. The summed E-state index contributed by atoms with van der Waals surface area (Å²) >= 11 is 0. The Balaban J connectivity index is 2.20. The third kappa shape index (κ3) is 5.76. The van der Waals surface area contributed by atoms with Gasteiger partial charge in [-0.05, 0) is 20.3 Å². The maximum Gasteiger partial charge on any atom is 0.103 e. The van der Waals surface area contributed by atoms with Gasteiger partial charge < -0.3 is 9.84 Å². The molecule has 0 aromatic rings. The first-order valence-corrected chi connectivity index (χ1v) is 7.64. The SMILES string of the molecule is CCCCOCC(O)CN1CCN(C(C)(C)C#N)CC1. The molecule has 20 heavy (non-hydrogen) atoms. The van der Waals surface area contributed by atoms with Crippen molar-refractivity contribution < 1.29 is 9.84 Å². The smallest absolute Gasteiger partial charge is 0.103 e. The molecule has 1 rings (SSSR count). The van der Waals surface area contributed by atoms with E-state index >= 15 is 0 Å². The van der Waals surface area contributed by atoms with Crippen LogP contribution in [0, 0.1) is 11.3 Å². The van der Waals surface area contributed by atoms with Crippen LogP contribution in [0.15, 0.2) is 0 Å². The van der Waals surface area contributed by atoms with Crippen molar-refractivity contribution in [3.05, 3.63) is 0 Å². The summed E-state index contributed by atoms with van der Waals surface area (Å²) < 4.78 is 5.44. The zero-order valence-electron chi connectivity index (χ0n) is 13.1. The average Bonchev–Trinajstić information content (AvgIpc) is 2.44. The van der Waals surface area contributed by atoms with Crippen molar-refractivity contribution in [3.8, 4) is 6.07 Å². The number of nitrogens with zero attached hydrogens (tertiary/aromatic N) is 3. The molecule has 1 aliphatic heterocycles. The minimum Gasteiger partial charge on any atom is -0.389 e. The van der Waals surface area contributed by atoms with Crippen molar-refractivity contribution in [3.63, 3.8) is 0 Å². The Labute approximate surface area is 123 Å². The number of ether oxygens (including phenoxy) is 1. The van der Waals surface area contributed by atoms with Crippen molar-refractivity contribution in [2.24, 2.45) is 0 Å². The number of aliphatic hydroxyl groups excluding tert-OH is 1. The zero-order valence-corrected chi connectivity index (χ0v) is 13.1. The lowest BCUT2D eigenvalue weighted by Gasteiger charge is -2.40. The molecule has 0 aliphatic carbocycles. The molecule has 1 saturated heterocycles. The quantitative estimate of drug-likeness (QED) is 0.676. The fourth-order valence-corrected chi connectivity index (χ4v) is 2.38. The van der Waals surface area contributed by atoms with Gasteiger partial charge in [0.1, 0.15) is 5.54 Å². The van der Waals surface area contributed by atoms with Crippen LogP contribution in [0.2, 0.25) is 0 Å². The van der Waals surface area contributed by atoms with Gasteiger partial charge in [0.15, 0.2) is 0 Å². The molecule has 0 bridgehead atoms. The van der Waals surface area contributed by atoms with E-state index in [-0.39, 0.29) is 0 Å². The van der Waals surface area contributed by atoms with E-state index in [2.05, 4.69) is 22.8 Å². The van der Waals surface area contributed by atoms with Crippen LogP contribution in [-0.4, -0.2) is 72.5 Å². The lowest BCUT2D eigenvalue weighted by Crippen LogP contribution is -2.55. The summed E-state index contributed by atoms with van der Waals surface area (Å²) in [6, 6.07) is 2.34. The highest BCUT2D eigenvalue weighted by Gasteiger charge is 2.30. The van der Waals surface area contributed by atoms with Gasteiger partial charge in [0.05, 0.1) is 18.8 Å². The molecule has 1 heterocycles. The van der Waals surface area contributed by atoms with Gasteiger partial charge >= 0.3 is 0 Å². The number of aliphatic hydroxyl groups is 1. The lowest BCUT2D eigenvalue weighted by molar-refractivity contribution is 0.000297. The van der Waals surface area contributed by atoms with E-state index in [0.29, 0.717) is 13.2 Å². The maximum atomic E-state index is 9.94. The van der Waals surface area contributed by atoms with Gasteiger partial charge in [-0.2, -0.15) is 5.26 Å². The zero-order chi connectivity index (χ0) is 15.0. The largest absolute Gasteiger partial charge is 0.389 e. The molecule has 0 aromatic carbocycles. The Hall–Kier alpha value is -0.670. The molecule has 0 amide bonds. The van der Waals surface area contributed by atoms with Crippen LogP contribution in [0.4, 0.5) is 0 Å². The fraction of sp³-hybridized carbons (Fsp3) is 0.933. The van der Waals surface area contributed by atoms with E-state index in [0.717, 1.165) is 45.6 Å². The van der Waals surface area contributed by atoms with Crippen LogP contribution in [0.25, 0.3) is 0 Å². The Kier molecular flexibility index (Phi) is 7.46. The summed E-state index contributed by atoms with van der Waals surface area (Å²) in [5.41, 5.74) is -0.395. The third-order valence-electron chi connectivity index (χ3n) is 3.86. The fourth-order valence-electron chi connectivity index (χ4n) is 2.38. The van der Waals surface area contributed by atoms with Gasteiger partial charge in [0, 0.05) is 39.3 Å². The normalized spacial score (nSPS) is 19.8. The third-order valence-corrected chi connectivity index (χ3v) is 3.86. The van der Waals surface area contributed by atoms with Gasteiger partial charge in [-0.1, -0.05) is 13.3 Å². The molecule has 0 saturated carbocycles. The number of piperazine rings is 1. The van der Waals surface area contributed by atoms with Crippen LogP contribution in [-0.2, 0) is 4.74 Å². The minimum absolute atomic E-state index is 0.395. The van der Waals surface area contributed by atoms with Crippen LogP contribution in [0.5, 0.6) is 0 Å². The monoisotopic (exact) mass is 283 g/mol. The second-order valence-electron chi connectivity index (χ2n) is 6.04. The summed E-state index contributed by atoms with van der Waals surface area (Å²) in [6.45, 7) is 11.4. The van der Waals surface area contributed by atoms with Crippen LogP contribution in [0.3, 0.4) is 0 Å². The second-order valence-corrected chi connectivity index (χ2v) is 6.04. The average molecular weight is 283 g/mol. The van der Waals surface area contributed by atoms with Gasteiger partial charge in [-0.3, -0.25) is 9.80 Å². The summed E-state index contributed by atoms with van der Waals surface area (Å²) in [6.07, 6.45) is 1.75. The van der Waals surface area contributed by atoms with Crippen LogP contribution in [0.1, 0.15) is 33.6 Å². The van der Waals surface area contributed by atoms with E-state index in [9.17, 15) is 5.11 Å². The molecule has 5 heteroatoms. The topological polar surface area (TPSA) is 59.7 Å². The number of hydrogen-bond acceptors (Lipinski definition) is 5. The highest BCUT2D eigenvalue weighted by Crippen LogP contribution is 2.15. The molecule has 0 spiro atoms. The molecule has 1 unspecified atom stereocenters. The van der Waals surface area contributed by atoms with Crippen LogP contribution < -0.4 is 0 Å². The first kappa shape index (κ1) is 17.4. The molecule has 116 valence electrons. The predicted molar refractivity (Wildman–Crippen MR) is 79.4 cm³/mol. The van der Waals surface area contributed by atoms with Gasteiger partial charge in [-0.25, -0.2) is 0 Å². The molecule has 0 radical (unpaired) electrons. The number of β-amino-alcohol motifs (C(OH)–C–C–N with tert-alkyl or cyclic N) is 1. The molecule has 1 atom stereocenters. The minimum atomic E-state index is -0.414. The highest BCUT2D eigenvalue weighted by molar-refractivity contribution is 5.02. The first-order chi connectivity index (χ1) is 9.49. The van der Waals surface area contributed by atoms with E-state index in [4.69, 9.17) is 10.00 Å². The van der Waals surface area contributed by atoms with E-state index < -0.39 is 11.6 Å². The Morgan fingerprint density at radius 3 is 2.50 bits per heavy atom. The van der Waals surface area contributed by atoms with Gasteiger partial charge in [-0.15, -0.1) is 0 Å². The molecular weight excluding hydrogens is 254 g/mol. The van der Waals surface area contributed by atoms with Crippen molar-refractivity contribution in [1.82, 2.24) is 9.80 Å². The number of hydrogen-bond donors (Lipinski definition) is 1. The number of unbranched alkanes of at least 4 members (excludes halogenated alkanes) is 1. The first-order valence-electron chi connectivity index (χ1n) is 7.64. The van der Waals surface area contributed by atoms with Crippen molar-refractivity contribution in [2.75, 3.05) is 45.9 Å². The standard InChI is InChI=1S/C15H29N3O2/c1-4-5-10-20-12-14(19)11-17-6-8-18(9-7-17)15(2,3)13-16/h14,19H,4-12H2,1-3H3. The molecular formula is C15H29N3O2. The Morgan fingerprint density at radius 1 is 1.30 bits per heavy atom. The molecule has 1 fully saturated rings. The Bertz CT molecular complexity index is 307. The van der Waals surface area contributed by atoms with Gasteiger partial charge in [0.2, 0.25) is 0 Å². The van der Waals surface area contributed by atoms with Crippen molar-refractivity contribution >= 4 is 0 Å². The summed E-state index contributed by atoms with van der Waals surface area (Å²) in [5, 5.41) is 19.1. The molecule has 1 aliphatic rings. The van der Waals surface area contributed by atoms with Gasteiger partial charge in [0.25, 0.3) is 0 Å². The van der Waals surface area contributed by atoms with E-state index in [1.807, 2.05) is 13.8 Å². The lowest BCUT2D eigenvalue weighted by atomic mass is 10.0. The summed E-state index contributed by atoms with van der Waals surface area (Å²) in [7, 11) is 0. The Morgan fingerprint density at radius 2 is 1.95 bits per heavy atom. The van der Waals surface area contributed by atoms with E-state index in [1.165, 1.54) is 0 Å². The van der Waals surface area contributed by atoms with Crippen molar-refractivity contribution in [1.29, 1.82) is 5.26 Å². The van der Waals surface area contributed by atoms with Crippen LogP contribution >= 0.6 is 0 Å². The number of rotatable bonds is 8. The summed E-state index contributed by atoms with van der Waals surface area (Å²) in [4.78, 5) is 4.45. The summed E-state index contributed by atoms with van der Waals surface area (Å²) in [5.74, 6) is 0.